The highest BCUT2D eigenvalue weighted by molar-refractivity contribution is 5.74. The molecule has 0 aliphatic carbocycles. The fourth-order valence-corrected chi connectivity index (χ4v) is 1.16. The predicted molar refractivity (Wildman–Crippen MR) is 55.9 cm³/mol. The van der Waals surface area contributed by atoms with Crippen LogP contribution in [-0.2, 0) is 9.53 Å². The topological polar surface area (TPSA) is 46.5 Å². The second-order valence-electron chi connectivity index (χ2n) is 3.19. The van der Waals surface area contributed by atoms with Crippen LogP contribution in [0.1, 0.15) is 39.0 Å². The Bertz CT molecular complexity index is 166. The minimum Gasteiger partial charge on any atom is -0.464 e. The SMILES string of the molecule is C=CCCCCCC(O)C(=O)OCC. The van der Waals surface area contributed by atoms with Crippen molar-refractivity contribution in [1.82, 2.24) is 0 Å². The van der Waals surface area contributed by atoms with Gasteiger partial charge in [-0.15, -0.1) is 6.58 Å². The van der Waals surface area contributed by atoms with Gasteiger partial charge in [0, 0.05) is 0 Å². The maximum Gasteiger partial charge on any atom is 0.334 e. The van der Waals surface area contributed by atoms with Crippen molar-refractivity contribution in [3.05, 3.63) is 12.7 Å². The van der Waals surface area contributed by atoms with Gasteiger partial charge in [-0.05, 0) is 26.2 Å². The quantitative estimate of drug-likeness (QED) is 0.370. The van der Waals surface area contributed by atoms with E-state index in [1.807, 2.05) is 6.08 Å². The molecule has 0 heterocycles. The molecule has 1 N–H and O–H groups in total. The molecule has 3 heteroatoms. The summed E-state index contributed by atoms with van der Waals surface area (Å²) in [5, 5.41) is 9.31. The third-order valence-electron chi connectivity index (χ3n) is 1.94. The smallest absolute Gasteiger partial charge is 0.334 e. The molecule has 0 bridgehead atoms. The number of hydrogen-bond donors (Lipinski definition) is 1. The normalized spacial score (nSPS) is 12.1. The van der Waals surface area contributed by atoms with E-state index in [0.717, 1.165) is 25.7 Å². The Morgan fingerprint density at radius 3 is 2.79 bits per heavy atom. The Labute approximate surface area is 85.8 Å². The fourth-order valence-electron chi connectivity index (χ4n) is 1.16. The summed E-state index contributed by atoms with van der Waals surface area (Å²) in [7, 11) is 0. The first-order chi connectivity index (χ1) is 6.72. The number of carbonyl (C=O) groups excluding carboxylic acids is 1. The van der Waals surface area contributed by atoms with Crippen molar-refractivity contribution >= 4 is 5.97 Å². The van der Waals surface area contributed by atoms with Crippen LogP contribution in [0.4, 0.5) is 0 Å². The summed E-state index contributed by atoms with van der Waals surface area (Å²) in [5.74, 6) is -0.503. The van der Waals surface area contributed by atoms with Crippen LogP contribution in [0.3, 0.4) is 0 Å². The summed E-state index contributed by atoms with van der Waals surface area (Å²) < 4.78 is 4.68. The van der Waals surface area contributed by atoms with Crippen molar-refractivity contribution in [3.63, 3.8) is 0 Å². The van der Waals surface area contributed by atoms with Crippen LogP contribution in [0.5, 0.6) is 0 Å². The molecule has 14 heavy (non-hydrogen) atoms. The van der Waals surface area contributed by atoms with Crippen molar-refractivity contribution in [2.45, 2.75) is 45.1 Å². The van der Waals surface area contributed by atoms with Gasteiger partial charge in [0.15, 0.2) is 6.10 Å². The largest absolute Gasteiger partial charge is 0.464 e. The summed E-state index contributed by atoms with van der Waals surface area (Å²) >= 11 is 0. The van der Waals surface area contributed by atoms with Crippen LogP contribution in [-0.4, -0.2) is 23.8 Å². The van der Waals surface area contributed by atoms with Crippen LogP contribution in [0, 0.1) is 0 Å². The predicted octanol–water partition coefficient (Wildman–Crippen LogP) is 2.05. The summed E-state index contributed by atoms with van der Waals surface area (Å²) in [6.45, 7) is 5.68. The summed E-state index contributed by atoms with van der Waals surface area (Å²) in [5.41, 5.74) is 0. The van der Waals surface area contributed by atoms with Gasteiger partial charge in [0.05, 0.1) is 6.61 Å². The van der Waals surface area contributed by atoms with Crippen LogP contribution in [0.2, 0.25) is 0 Å². The van der Waals surface area contributed by atoms with Crippen molar-refractivity contribution in [3.8, 4) is 0 Å². The van der Waals surface area contributed by atoms with Crippen molar-refractivity contribution in [2.24, 2.45) is 0 Å². The van der Waals surface area contributed by atoms with Gasteiger partial charge in [0.25, 0.3) is 0 Å². The van der Waals surface area contributed by atoms with Gasteiger partial charge in [0.2, 0.25) is 0 Å². The van der Waals surface area contributed by atoms with Gasteiger partial charge in [-0.2, -0.15) is 0 Å². The summed E-state index contributed by atoms with van der Waals surface area (Å²) in [4.78, 5) is 11.0. The minimum absolute atomic E-state index is 0.326. The Morgan fingerprint density at radius 2 is 2.21 bits per heavy atom. The van der Waals surface area contributed by atoms with Crippen LogP contribution >= 0.6 is 0 Å². The second kappa shape index (κ2) is 8.75. The maximum atomic E-state index is 11.0. The number of hydrogen-bond acceptors (Lipinski definition) is 3. The molecule has 0 spiro atoms. The van der Waals surface area contributed by atoms with Crippen LogP contribution < -0.4 is 0 Å². The first kappa shape index (κ1) is 13.2. The Kier molecular flexibility index (Phi) is 8.24. The number of unbranched alkanes of at least 4 members (excludes halogenated alkanes) is 3. The molecule has 0 saturated carbocycles. The summed E-state index contributed by atoms with van der Waals surface area (Å²) in [6, 6.07) is 0. The highest BCUT2D eigenvalue weighted by Crippen LogP contribution is 2.07. The van der Waals surface area contributed by atoms with E-state index in [2.05, 4.69) is 11.3 Å². The number of carbonyl (C=O) groups is 1. The van der Waals surface area contributed by atoms with E-state index in [1.54, 1.807) is 6.92 Å². The van der Waals surface area contributed by atoms with Crippen LogP contribution in [0.15, 0.2) is 12.7 Å². The molecule has 0 radical (unpaired) electrons. The first-order valence-corrected chi connectivity index (χ1v) is 5.18. The molecule has 0 aromatic heterocycles. The Balaban J connectivity index is 3.38. The number of aliphatic hydroxyl groups excluding tert-OH is 1. The molecule has 82 valence electrons. The monoisotopic (exact) mass is 200 g/mol. The second-order valence-corrected chi connectivity index (χ2v) is 3.19. The van der Waals surface area contributed by atoms with Gasteiger partial charge in [-0.1, -0.05) is 18.9 Å². The average Bonchev–Trinajstić information content (AvgIpc) is 2.17. The number of rotatable bonds is 8. The molecule has 0 aromatic rings. The summed E-state index contributed by atoms with van der Waals surface area (Å²) in [6.07, 6.45) is 5.36. The van der Waals surface area contributed by atoms with Crippen molar-refractivity contribution < 1.29 is 14.6 Å². The zero-order valence-corrected chi connectivity index (χ0v) is 8.87. The molecule has 1 atom stereocenters. The third-order valence-corrected chi connectivity index (χ3v) is 1.94. The highest BCUT2D eigenvalue weighted by Gasteiger charge is 2.14. The lowest BCUT2D eigenvalue weighted by molar-refractivity contribution is -0.153. The molecule has 0 fully saturated rings. The third kappa shape index (κ3) is 6.66. The van der Waals surface area contributed by atoms with E-state index in [9.17, 15) is 9.90 Å². The lowest BCUT2D eigenvalue weighted by Gasteiger charge is -2.08. The lowest BCUT2D eigenvalue weighted by Crippen LogP contribution is -2.22. The average molecular weight is 200 g/mol. The highest BCUT2D eigenvalue weighted by atomic mass is 16.5. The molecule has 3 nitrogen and oxygen atoms in total. The molecular weight excluding hydrogens is 180 g/mol. The van der Waals surface area contributed by atoms with Gasteiger partial charge in [0.1, 0.15) is 0 Å². The molecule has 0 aliphatic heterocycles. The fraction of sp³-hybridized carbons (Fsp3) is 0.727. The van der Waals surface area contributed by atoms with Crippen molar-refractivity contribution in [2.75, 3.05) is 6.61 Å². The molecule has 0 saturated heterocycles. The maximum absolute atomic E-state index is 11.0. The standard InChI is InChI=1S/C11H20O3/c1-3-5-6-7-8-9-10(12)11(13)14-4-2/h3,10,12H,1,4-9H2,2H3. The zero-order chi connectivity index (χ0) is 10.8. The van der Waals surface area contributed by atoms with Gasteiger partial charge in [-0.3, -0.25) is 0 Å². The van der Waals surface area contributed by atoms with Crippen LogP contribution in [0.25, 0.3) is 0 Å². The minimum atomic E-state index is -0.946. The van der Waals surface area contributed by atoms with E-state index < -0.39 is 12.1 Å². The van der Waals surface area contributed by atoms with E-state index in [-0.39, 0.29) is 0 Å². The van der Waals surface area contributed by atoms with E-state index in [1.165, 1.54) is 0 Å². The molecule has 0 amide bonds. The number of esters is 1. The number of allylic oxidation sites excluding steroid dienone is 1. The number of ether oxygens (including phenoxy) is 1. The first-order valence-electron chi connectivity index (χ1n) is 5.18. The van der Waals surface area contributed by atoms with Crippen molar-refractivity contribution in [1.29, 1.82) is 0 Å². The molecule has 1 unspecified atom stereocenters. The van der Waals surface area contributed by atoms with Gasteiger partial charge >= 0.3 is 5.97 Å². The molecule has 0 aromatic carbocycles. The van der Waals surface area contributed by atoms with E-state index in [4.69, 9.17) is 0 Å². The Hall–Kier alpha value is -0.830. The van der Waals surface area contributed by atoms with Gasteiger partial charge in [-0.25, -0.2) is 4.79 Å². The lowest BCUT2D eigenvalue weighted by atomic mass is 10.1. The van der Waals surface area contributed by atoms with E-state index in [0.29, 0.717) is 13.0 Å². The van der Waals surface area contributed by atoms with Gasteiger partial charge < -0.3 is 9.84 Å². The molecular formula is C11H20O3. The van der Waals surface area contributed by atoms with E-state index >= 15 is 0 Å². The number of aliphatic hydroxyl groups is 1. The Morgan fingerprint density at radius 1 is 1.50 bits per heavy atom. The molecule has 0 aliphatic rings. The molecule has 0 rings (SSSR count). The zero-order valence-electron chi connectivity index (χ0n) is 8.87.